The Balaban J connectivity index is 0.00000324. The second-order valence-corrected chi connectivity index (χ2v) is 8.94. The van der Waals surface area contributed by atoms with Gasteiger partial charge in [0, 0.05) is 32.6 Å². The second-order valence-electron chi connectivity index (χ2n) is 8.94. The molecule has 4 rings (SSSR count). The van der Waals surface area contributed by atoms with E-state index in [1.807, 2.05) is 17.0 Å². The Morgan fingerprint density at radius 2 is 1.62 bits per heavy atom. The Bertz CT molecular complexity index is 905. The lowest BCUT2D eigenvalue weighted by molar-refractivity contribution is -0.131. The maximum Gasteiger partial charge on any atom is 0.223 e. The number of halogens is 1. The van der Waals surface area contributed by atoms with Gasteiger partial charge in [0.25, 0.3) is 0 Å². The molecule has 2 N–H and O–H groups in total. The van der Waals surface area contributed by atoms with E-state index in [9.17, 15) is 4.79 Å². The van der Waals surface area contributed by atoms with Crippen LogP contribution in [-0.4, -0.2) is 54.4 Å². The van der Waals surface area contributed by atoms with E-state index in [4.69, 9.17) is 4.99 Å². The Morgan fingerprint density at radius 3 is 2.26 bits per heavy atom. The quantitative estimate of drug-likeness (QED) is 0.203. The van der Waals surface area contributed by atoms with Crippen molar-refractivity contribution in [1.82, 2.24) is 20.4 Å². The normalized spacial score (nSPS) is 16.6. The van der Waals surface area contributed by atoms with Crippen molar-refractivity contribution >= 4 is 35.8 Å². The van der Waals surface area contributed by atoms with Crippen LogP contribution in [-0.2, 0) is 17.9 Å². The molecule has 2 heterocycles. The molecule has 0 saturated carbocycles. The highest BCUT2D eigenvalue weighted by atomic mass is 127. The fourth-order valence-electron chi connectivity index (χ4n) is 4.79. The Hall–Kier alpha value is -2.13. The molecule has 2 aromatic carbocycles. The summed E-state index contributed by atoms with van der Waals surface area (Å²) >= 11 is 0. The number of aliphatic imine (C=N–C) groups is 1. The van der Waals surface area contributed by atoms with Gasteiger partial charge in [-0.2, -0.15) is 0 Å². The highest BCUT2D eigenvalue weighted by Crippen LogP contribution is 2.25. The van der Waals surface area contributed by atoms with Gasteiger partial charge in [-0.3, -0.25) is 14.7 Å². The molecule has 0 spiro atoms. The first-order valence-corrected chi connectivity index (χ1v) is 12.4. The van der Waals surface area contributed by atoms with Gasteiger partial charge in [0.2, 0.25) is 5.91 Å². The van der Waals surface area contributed by atoms with Crippen LogP contribution in [0.4, 0.5) is 0 Å². The second kappa shape index (κ2) is 13.7. The first-order chi connectivity index (χ1) is 16.2. The van der Waals surface area contributed by atoms with Crippen molar-refractivity contribution in [2.75, 3.05) is 32.7 Å². The predicted octanol–water partition coefficient (Wildman–Crippen LogP) is 4.32. The van der Waals surface area contributed by atoms with Crippen LogP contribution in [0.1, 0.15) is 55.3 Å². The molecule has 34 heavy (non-hydrogen) atoms. The van der Waals surface area contributed by atoms with E-state index >= 15 is 0 Å². The van der Waals surface area contributed by atoms with E-state index in [2.05, 4.69) is 64.9 Å². The molecule has 2 aromatic rings. The van der Waals surface area contributed by atoms with Crippen molar-refractivity contribution in [1.29, 1.82) is 0 Å². The first-order valence-electron chi connectivity index (χ1n) is 12.4. The number of hydrogen-bond acceptors (Lipinski definition) is 3. The minimum Gasteiger partial charge on any atom is -0.357 e. The van der Waals surface area contributed by atoms with Gasteiger partial charge in [0.05, 0.1) is 12.6 Å². The van der Waals surface area contributed by atoms with Crippen LogP contribution >= 0.6 is 24.0 Å². The zero-order valence-corrected chi connectivity index (χ0v) is 22.5. The van der Waals surface area contributed by atoms with Crippen molar-refractivity contribution in [2.24, 2.45) is 4.99 Å². The average molecular weight is 576 g/mol. The molecule has 0 aromatic heterocycles. The molecule has 1 unspecified atom stereocenters. The molecule has 7 heteroatoms. The summed E-state index contributed by atoms with van der Waals surface area (Å²) in [7, 11) is 0. The van der Waals surface area contributed by atoms with Gasteiger partial charge in [-0.1, -0.05) is 54.6 Å². The molecule has 1 amide bonds. The molecule has 1 saturated heterocycles. The summed E-state index contributed by atoms with van der Waals surface area (Å²) in [6.07, 6.45) is 3.88. The molecule has 184 valence electrons. The summed E-state index contributed by atoms with van der Waals surface area (Å²) < 4.78 is 0. The molecule has 6 nitrogen and oxygen atoms in total. The van der Waals surface area contributed by atoms with Gasteiger partial charge in [-0.15, -0.1) is 24.0 Å². The first kappa shape index (κ1) is 26.5. The SMILES string of the molecule is CCNC(=NCC(c1ccccc1)N1CCCC1)NCCCC(=O)N1Cc2ccccc2C1.I. The lowest BCUT2D eigenvalue weighted by atomic mass is 10.1. The van der Waals surface area contributed by atoms with Gasteiger partial charge < -0.3 is 15.5 Å². The Kier molecular flexibility index (Phi) is 10.7. The molecule has 2 aliphatic heterocycles. The van der Waals surface area contributed by atoms with Gasteiger partial charge in [-0.05, 0) is 56.0 Å². The molecule has 0 radical (unpaired) electrons. The molecule has 1 atom stereocenters. The van der Waals surface area contributed by atoms with Gasteiger partial charge in [0.1, 0.15) is 0 Å². The molecule has 0 aliphatic carbocycles. The lowest BCUT2D eigenvalue weighted by Crippen LogP contribution is -2.39. The molecule has 1 fully saturated rings. The number of nitrogens with zero attached hydrogens (tertiary/aromatic N) is 3. The van der Waals surface area contributed by atoms with Crippen LogP contribution in [0, 0.1) is 0 Å². The van der Waals surface area contributed by atoms with Crippen LogP contribution < -0.4 is 10.6 Å². The number of rotatable bonds is 9. The Labute approximate surface area is 221 Å². The molecular formula is C27H38IN5O. The zero-order valence-electron chi connectivity index (χ0n) is 20.2. The zero-order chi connectivity index (χ0) is 22.9. The summed E-state index contributed by atoms with van der Waals surface area (Å²) in [6.45, 7) is 8.12. The number of fused-ring (bicyclic) bond motifs is 1. The van der Waals surface area contributed by atoms with Crippen LogP contribution in [0.25, 0.3) is 0 Å². The third kappa shape index (κ3) is 7.18. The average Bonchev–Trinajstić information content (AvgIpc) is 3.53. The largest absolute Gasteiger partial charge is 0.357 e. The smallest absolute Gasteiger partial charge is 0.223 e. The minimum absolute atomic E-state index is 0. The lowest BCUT2D eigenvalue weighted by Gasteiger charge is -2.27. The van der Waals surface area contributed by atoms with E-state index in [0.29, 0.717) is 12.5 Å². The van der Waals surface area contributed by atoms with Crippen LogP contribution in [0.15, 0.2) is 59.6 Å². The summed E-state index contributed by atoms with van der Waals surface area (Å²) in [4.78, 5) is 22.1. The van der Waals surface area contributed by atoms with E-state index in [0.717, 1.165) is 58.2 Å². The van der Waals surface area contributed by atoms with Gasteiger partial charge in [0.15, 0.2) is 5.96 Å². The number of benzene rings is 2. The standard InChI is InChI=1S/C27H37N5O.HI/c1-2-28-27(30-19-25(31-17-8-9-18-31)22-11-4-3-5-12-22)29-16-10-15-26(33)32-20-23-13-6-7-14-24(23)21-32;/h3-7,11-14,25H,2,8-10,15-21H2,1H3,(H2,28,29,30);1H. The van der Waals surface area contributed by atoms with E-state index < -0.39 is 0 Å². The van der Waals surface area contributed by atoms with Crippen molar-refractivity contribution < 1.29 is 4.79 Å². The fraction of sp³-hybridized carbons (Fsp3) is 0.481. The van der Waals surface area contributed by atoms with Gasteiger partial charge in [-0.25, -0.2) is 0 Å². The third-order valence-corrected chi connectivity index (χ3v) is 6.59. The van der Waals surface area contributed by atoms with Crippen LogP contribution in [0.5, 0.6) is 0 Å². The topological polar surface area (TPSA) is 60.0 Å². The predicted molar refractivity (Wildman–Crippen MR) is 149 cm³/mol. The number of carbonyl (C=O) groups is 1. The summed E-state index contributed by atoms with van der Waals surface area (Å²) in [5.41, 5.74) is 3.88. The van der Waals surface area contributed by atoms with E-state index in [1.54, 1.807) is 0 Å². The number of amides is 1. The van der Waals surface area contributed by atoms with Crippen molar-refractivity contribution in [2.45, 2.75) is 51.7 Å². The highest BCUT2D eigenvalue weighted by Gasteiger charge is 2.24. The van der Waals surface area contributed by atoms with E-state index in [-0.39, 0.29) is 29.9 Å². The monoisotopic (exact) mass is 575 g/mol. The molecule has 2 aliphatic rings. The number of guanidine groups is 1. The third-order valence-electron chi connectivity index (χ3n) is 6.59. The minimum atomic E-state index is 0. The van der Waals surface area contributed by atoms with E-state index in [1.165, 1.54) is 29.5 Å². The fourth-order valence-corrected chi connectivity index (χ4v) is 4.79. The molecular weight excluding hydrogens is 537 g/mol. The number of likely N-dealkylation sites (tertiary alicyclic amines) is 1. The van der Waals surface area contributed by atoms with Crippen LogP contribution in [0.3, 0.4) is 0 Å². The number of hydrogen-bond donors (Lipinski definition) is 2. The van der Waals surface area contributed by atoms with Crippen molar-refractivity contribution in [3.05, 3.63) is 71.3 Å². The highest BCUT2D eigenvalue weighted by molar-refractivity contribution is 14.0. The number of carbonyl (C=O) groups excluding carboxylic acids is 1. The molecule has 0 bridgehead atoms. The number of nitrogens with one attached hydrogen (secondary N) is 2. The van der Waals surface area contributed by atoms with Gasteiger partial charge >= 0.3 is 0 Å². The van der Waals surface area contributed by atoms with Crippen LogP contribution in [0.2, 0.25) is 0 Å². The maximum atomic E-state index is 12.6. The summed E-state index contributed by atoms with van der Waals surface area (Å²) in [5, 5.41) is 6.79. The maximum absolute atomic E-state index is 12.6. The van der Waals surface area contributed by atoms with Crippen molar-refractivity contribution in [3.63, 3.8) is 0 Å². The summed E-state index contributed by atoms with van der Waals surface area (Å²) in [6, 6.07) is 19.4. The van der Waals surface area contributed by atoms with Crippen molar-refractivity contribution in [3.8, 4) is 0 Å². The summed E-state index contributed by atoms with van der Waals surface area (Å²) in [5.74, 6) is 1.06. The Morgan fingerprint density at radius 1 is 0.971 bits per heavy atom.